The Morgan fingerprint density at radius 1 is 1.22 bits per heavy atom. The van der Waals surface area contributed by atoms with Crippen LogP contribution in [0.3, 0.4) is 0 Å². The number of nitrogens with zero attached hydrogens (tertiary/aromatic N) is 1. The number of hydrogen-bond donors (Lipinski definition) is 1. The Morgan fingerprint density at radius 3 is 2.74 bits per heavy atom. The largest absolute Gasteiger partial charge is 0.493 e. The summed E-state index contributed by atoms with van der Waals surface area (Å²) in [6.07, 6.45) is 0. The fourth-order valence-electron chi connectivity index (χ4n) is 4.18. The van der Waals surface area contributed by atoms with Gasteiger partial charge >= 0.3 is 0 Å². The number of hydrogen-bond acceptors (Lipinski definition) is 5. The number of methoxy groups -OCH3 is 2. The van der Waals surface area contributed by atoms with Crippen molar-refractivity contribution in [1.29, 1.82) is 0 Å². The lowest BCUT2D eigenvalue weighted by atomic mass is 9.74. The number of likely N-dealkylation sites (tertiary alicyclic amines) is 1. The molecule has 1 saturated heterocycles. The van der Waals surface area contributed by atoms with E-state index in [9.17, 15) is 9.90 Å². The zero-order valence-corrected chi connectivity index (χ0v) is 15.5. The van der Waals surface area contributed by atoms with Gasteiger partial charge in [-0.25, -0.2) is 0 Å². The number of fused-ring (bicyclic) bond motifs is 3. The van der Waals surface area contributed by atoms with Gasteiger partial charge in [-0.05, 0) is 29.8 Å². The van der Waals surface area contributed by atoms with Crippen LogP contribution in [0.1, 0.15) is 21.8 Å². The van der Waals surface area contributed by atoms with E-state index in [1.54, 1.807) is 37.3 Å². The summed E-state index contributed by atoms with van der Waals surface area (Å²) in [5.41, 5.74) is 1.12. The molecule has 0 radical (unpaired) electrons. The smallest absolute Gasteiger partial charge is 0.254 e. The van der Waals surface area contributed by atoms with Gasteiger partial charge in [-0.15, -0.1) is 0 Å². The second-order valence-electron chi connectivity index (χ2n) is 7.16. The fourth-order valence-corrected chi connectivity index (χ4v) is 4.18. The molecule has 2 heterocycles. The minimum Gasteiger partial charge on any atom is -0.493 e. The van der Waals surface area contributed by atoms with E-state index in [-0.39, 0.29) is 18.4 Å². The zero-order valence-electron chi connectivity index (χ0n) is 15.5. The summed E-state index contributed by atoms with van der Waals surface area (Å²) in [5.74, 6) is 1.91. The highest BCUT2D eigenvalue weighted by Gasteiger charge is 2.52. The molecule has 2 atom stereocenters. The van der Waals surface area contributed by atoms with E-state index in [4.69, 9.17) is 14.2 Å². The summed E-state index contributed by atoms with van der Waals surface area (Å²) in [6, 6.07) is 13.0. The number of aliphatic hydroxyl groups excluding tert-OH is 1. The first kappa shape index (κ1) is 17.7. The molecule has 27 heavy (non-hydrogen) atoms. The van der Waals surface area contributed by atoms with E-state index in [2.05, 4.69) is 0 Å². The fraction of sp³-hybridized carbons (Fsp3) is 0.381. The highest BCUT2D eigenvalue weighted by molar-refractivity contribution is 5.95. The lowest BCUT2D eigenvalue weighted by molar-refractivity contribution is 0.0440. The van der Waals surface area contributed by atoms with Crippen LogP contribution in [0.2, 0.25) is 0 Å². The van der Waals surface area contributed by atoms with E-state index in [0.717, 1.165) is 11.3 Å². The van der Waals surface area contributed by atoms with Crippen LogP contribution in [0.15, 0.2) is 42.5 Å². The van der Waals surface area contributed by atoms with E-state index in [1.165, 1.54) is 0 Å². The van der Waals surface area contributed by atoms with Gasteiger partial charge in [0.25, 0.3) is 5.91 Å². The van der Waals surface area contributed by atoms with Gasteiger partial charge in [-0.1, -0.05) is 18.2 Å². The average molecular weight is 369 g/mol. The molecule has 1 amide bonds. The van der Waals surface area contributed by atoms with Crippen LogP contribution in [0, 0.1) is 5.41 Å². The van der Waals surface area contributed by atoms with E-state index in [1.807, 2.05) is 24.3 Å². The van der Waals surface area contributed by atoms with Crippen molar-refractivity contribution in [2.75, 3.05) is 40.5 Å². The summed E-state index contributed by atoms with van der Waals surface area (Å²) in [6.45, 7) is 1.38. The third-order valence-electron chi connectivity index (χ3n) is 5.69. The monoisotopic (exact) mass is 369 g/mol. The minimum atomic E-state index is -0.472. The molecule has 6 heteroatoms. The minimum absolute atomic E-state index is 0.0261. The first-order chi connectivity index (χ1) is 13.1. The predicted molar refractivity (Wildman–Crippen MR) is 99.6 cm³/mol. The first-order valence-electron chi connectivity index (χ1n) is 8.96. The van der Waals surface area contributed by atoms with Crippen molar-refractivity contribution < 1.29 is 24.1 Å². The molecule has 0 saturated carbocycles. The van der Waals surface area contributed by atoms with Crippen LogP contribution in [-0.2, 0) is 0 Å². The second kappa shape index (κ2) is 6.78. The summed E-state index contributed by atoms with van der Waals surface area (Å²) in [4.78, 5) is 14.9. The topological polar surface area (TPSA) is 68.2 Å². The molecule has 2 aliphatic heterocycles. The third kappa shape index (κ3) is 2.80. The van der Waals surface area contributed by atoms with E-state index in [0.29, 0.717) is 36.8 Å². The average Bonchev–Trinajstić information content (AvgIpc) is 3.13. The van der Waals surface area contributed by atoms with Crippen molar-refractivity contribution in [1.82, 2.24) is 4.90 Å². The maximum atomic E-state index is 13.1. The van der Waals surface area contributed by atoms with Crippen LogP contribution in [0.25, 0.3) is 0 Å². The predicted octanol–water partition coefficient (Wildman–Crippen LogP) is 2.31. The van der Waals surface area contributed by atoms with Crippen LogP contribution in [0.5, 0.6) is 17.2 Å². The lowest BCUT2D eigenvalue weighted by Gasteiger charge is -2.37. The highest BCUT2D eigenvalue weighted by Crippen LogP contribution is 2.49. The van der Waals surface area contributed by atoms with Gasteiger partial charge in [0, 0.05) is 24.6 Å². The molecular formula is C21H23NO5. The number of para-hydroxylation sites is 1. The number of rotatable bonds is 4. The van der Waals surface area contributed by atoms with Gasteiger partial charge in [-0.2, -0.15) is 0 Å². The third-order valence-corrected chi connectivity index (χ3v) is 5.69. The van der Waals surface area contributed by atoms with E-state index >= 15 is 0 Å². The molecular weight excluding hydrogens is 346 g/mol. The van der Waals surface area contributed by atoms with Crippen molar-refractivity contribution in [2.45, 2.75) is 5.92 Å². The molecule has 1 N–H and O–H groups in total. The quantitative estimate of drug-likeness (QED) is 0.896. The number of carbonyl (C=O) groups excluding carboxylic acids is 1. The van der Waals surface area contributed by atoms with Crippen molar-refractivity contribution in [3.05, 3.63) is 53.6 Å². The molecule has 0 bridgehead atoms. The summed E-state index contributed by atoms with van der Waals surface area (Å²) in [7, 11) is 3.11. The number of ether oxygens (including phenoxy) is 3. The van der Waals surface area contributed by atoms with Crippen molar-refractivity contribution in [2.24, 2.45) is 5.41 Å². The van der Waals surface area contributed by atoms with Gasteiger partial charge in [0.15, 0.2) is 11.5 Å². The molecule has 6 nitrogen and oxygen atoms in total. The van der Waals surface area contributed by atoms with Crippen molar-refractivity contribution in [3.8, 4) is 17.2 Å². The number of benzene rings is 2. The Morgan fingerprint density at radius 2 is 2.00 bits per heavy atom. The highest BCUT2D eigenvalue weighted by atomic mass is 16.5. The molecule has 0 aromatic heterocycles. The number of carbonyl (C=O) groups is 1. The molecule has 2 aromatic carbocycles. The summed E-state index contributed by atoms with van der Waals surface area (Å²) in [5, 5.41) is 10.1. The Bertz CT molecular complexity index is 867. The Balaban J connectivity index is 1.64. The standard InChI is InChI=1S/C21H23NO5/c1-25-18-8-7-14(9-19(18)26-2)20(24)22-10-16-15-5-3-4-6-17(15)27-13-21(16,11-22)12-23/h3-9,16,23H,10-13H2,1-2H3/t16?,21-/m1/s1. The normalized spacial score (nSPS) is 23.2. The molecule has 4 rings (SSSR count). The zero-order chi connectivity index (χ0) is 19.0. The van der Waals surface area contributed by atoms with Crippen LogP contribution in [-0.4, -0.2) is 56.4 Å². The summed E-state index contributed by atoms with van der Waals surface area (Å²) < 4.78 is 16.5. The van der Waals surface area contributed by atoms with Crippen LogP contribution < -0.4 is 14.2 Å². The maximum Gasteiger partial charge on any atom is 0.254 e. The molecule has 2 aromatic rings. The van der Waals surface area contributed by atoms with Crippen molar-refractivity contribution in [3.63, 3.8) is 0 Å². The SMILES string of the molecule is COc1ccc(C(=O)N2CC3c4ccccc4OC[C@]3(CO)C2)cc1OC. The Hall–Kier alpha value is -2.73. The number of aliphatic hydroxyl groups is 1. The molecule has 2 aliphatic rings. The molecule has 1 unspecified atom stereocenters. The van der Waals surface area contributed by atoms with Crippen LogP contribution >= 0.6 is 0 Å². The van der Waals surface area contributed by atoms with Gasteiger partial charge in [0.1, 0.15) is 5.75 Å². The van der Waals surface area contributed by atoms with Gasteiger partial charge < -0.3 is 24.2 Å². The maximum absolute atomic E-state index is 13.1. The first-order valence-corrected chi connectivity index (χ1v) is 8.96. The molecule has 0 aliphatic carbocycles. The Labute approximate surface area is 158 Å². The second-order valence-corrected chi connectivity index (χ2v) is 7.16. The van der Waals surface area contributed by atoms with Gasteiger partial charge in [-0.3, -0.25) is 4.79 Å². The molecule has 142 valence electrons. The lowest BCUT2D eigenvalue weighted by Crippen LogP contribution is -2.42. The molecule has 1 fully saturated rings. The summed E-state index contributed by atoms with van der Waals surface area (Å²) >= 11 is 0. The van der Waals surface area contributed by atoms with Gasteiger partial charge in [0.2, 0.25) is 0 Å². The Kier molecular flexibility index (Phi) is 4.44. The molecule has 0 spiro atoms. The van der Waals surface area contributed by atoms with Crippen LogP contribution in [0.4, 0.5) is 0 Å². The van der Waals surface area contributed by atoms with E-state index < -0.39 is 5.41 Å². The number of amides is 1. The van der Waals surface area contributed by atoms with Gasteiger partial charge in [0.05, 0.1) is 32.8 Å². The van der Waals surface area contributed by atoms with Crippen molar-refractivity contribution >= 4 is 5.91 Å².